The van der Waals surface area contributed by atoms with Crippen LogP contribution in [0.25, 0.3) is 5.57 Å². The van der Waals surface area contributed by atoms with E-state index in [1.807, 2.05) is 0 Å². The number of allylic oxidation sites excluding steroid dienone is 1. The van der Waals surface area contributed by atoms with Crippen molar-refractivity contribution in [3.05, 3.63) is 71.3 Å². The van der Waals surface area contributed by atoms with Gasteiger partial charge in [-0.1, -0.05) is 62.4 Å². The molecule has 100 valence electrons. The van der Waals surface area contributed by atoms with Crippen LogP contribution in [0.15, 0.2) is 54.6 Å². The third kappa shape index (κ3) is 1.49. The minimum atomic E-state index is 0.125. The lowest BCUT2D eigenvalue weighted by Gasteiger charge is -2.29. The lowest BCUT2D eigenvalue weighted by atomic mass is 9.76. The van der Waals surface area contributed by atoms with E-state index in [1.165, 1.54) is 28.0 Å². The number of hydrogen-bond donors (Lipinski definition) is 1. The van der Waals surface area contributed by atoms with Crippen molar-refractivity contribution in [2.45, 2.75) is 31.7 Å². The van der Waals surface area contributed by atoms with Crippen LogP contribution in [-0.2, 0) is 11.8 Å². The summed E-state index contributed by atoms with van der Waals surface area (Å²) in [6.45, 7) is 4.69. The predicted molar refractivity (Wildman–Crippen MR) is 85.0 cm³/mol. The molecule has 4 rings (SSSR count). The molecule has 2 aliphatic rings. The zero-order chi connectivity index (χ0) is 13.7. The van der Waals surface area contributed by atoms with Crippen LogP contribution in [0.1, 0.15) is 30.5 Å². The Kier molecular flexibility index (Phi) is 2.35. The minimum Gasteiger partial charge on any atom is -0.377 e. The molecule has 1 heterocycles. The largest absolute Gasteiger partial charge is 0.377 e. The summed E-state index contributed by atoms with van der Waals surface area (Å²) < 4.78 is 0. The SMILES string of the molecule is CC1(C)c2ccccc2NC1C1=CCc2ccccc21. The number of benzene rings is 2. The normalized spacial score (nSPS) is 21.9. The first-order valence-corrected chi connectivity index (χ1v) is 7.32. The van der Waals surface area contributed by atoms with Crippen LogP contribution in [0.3, 0.4) is 0 Å². The number of nitrogens with one attached hydrogen (secondary N) is 1. The van der Waals surface area contributed by atoms with E-state index in [-0.39, 0.29) is 5.41 Å². The highest BCUT2D eigenvalue weighted by molar-refractivity contribution is 5.83. The van der Waals surface area contributed by atoms with Gasteiger partial charge in [-0.25, -0.2) is 0 Å². The van der Waals surface area contributed by atoms with E-state index in [0.717, 1.165) is 6.42 Å². The highest BCUT2D eigenvalue weighted by Crippen LogP contribution is 2.47. The van der Waals surface area contributed by atoms with Gasteiger partial charge in [-0.3, -0.25) is 0 Å². The van der Waals surface area contributed by atoms with E-state index in [4.69, 9.17) is 0 Å². The van der Waals surface area contributed by atoms with E-state index >= 15 is 0 Å². The fourth-order valence-corrected chi connectivity index (χ4v) is 3.71. The van der Waals surface area contributed by atoms with Crippen LogP contribution < -0.4 is 5.32 Å². The summed E-state index contributed by atoms with van der Waals surface area (Å²) in [5, 5.41) is 3.74. The Hall–Kier alpha value is -2.02. The van der Waals surface area contributed by atoms with E-state index in [0.29, 0.717) is 6.04 Å². The predicted octanol–water partition coefficient (Wildman–Crippen LogP) is 4.40. The fourth-order valence-electron chi connectivity index (χ4n) is 3.71. The molecule has 1 unspecified atom stereocenters. The zero-order valence-corrected chi connectivity index (χ0v) is 12.0. The zero-order valence-electron chi connectivity index (χ0n) is 12.0. The molecule has 1 atom stereocenters. The second kappa shape index (κ2) is 3.99. The quantitative estimate of drug-likeness (QED) is 0.802. The summed E-state index contributed by atoms with van der Waals surface area (Å²) in [4.78, 5) is 0. The first-order chi connectivity index (χ1) is 9.68. The molecule has 0 aromatic heterocycles. The molecule has 0 bridgehead atoms. The Morgan fingerprint density at radius 2 is 1.75 bits per heavy atom. The van der Waals surface area contributed by atoms with Gasteiger partial charge in [0.15, 0.2) is 0 Å². The highest BCUT2D eigenvalue weighted by Gasteiger charge is 2.42. The molecule has 1 aliphatic heterocycles. The van der Waals surface area contributed by atoms with Crippen LogP contribution in [0, 0.1) is 0 Å². The average molecular weight is 261 g/mol. The van der Waals surface area contributed by atoms with E-state index in [1.54, 1.807) is 0 Å². The van der Waals surface area contributed by atoms with Crippen molar-refractivity contribution in [2.24, 2.45) is 0 Å². The second-order valence-corrected chi connectivity index (χ2v) is 6.37. The number of hydrogen-bond acceptors (Lipinski definition) is 1. The first-order valence-electron chi connectivity index (χ1n) is 7.32. The average Bonchev–Trinajstić information content (AvgIpc) is 2.98. The molecule has 0 spiro atoms. The smallest absolute Gasteiger partial charge is 0.0608 e. The number of rotatable bonds is 1. The van der Waals surface area contributed by atoms with Crippen molar-refractivity contribution in [1.29, 1.82) is 0 Å². The van der Waals surface area contributed by atoms with Crippen molar-refractivity contribution in [3.8, 4) is 0 Å². The first kappa shape index (κ1) is 11.8. The molecule has 0 saturated heterocycles. The lowest BCUT2D eigenvalue weighted by molar-refractivity contribution is 0.527. The summed E-state index contributed by atoms with van der Waals surface area (Å²) >= 11 is 0. The monoisotopic (exact) mass is 261 g/mol. The maximum Gasteiger partial charge on any atom is 0.0608 e. The van der Waals surface area contributed by atoms with Crippen LogP contribution >= 0.6 is 0 Å². The number of fused-ring (bicyclic) bond motifs is 2. The van der Waals surface area contributed by atoms with Gasteiger partial charge in [-0.15, -0.1) is 0 Å². The number of para-hydroxylation sites is 1. The minimum absolute atomic E-state index is 0.125. The van der Waals surface area contributed by atoms with Gasteiger partial charge < -0.3 is 5.32 Å². The summed E-state index contributed by atoms with van der Waals surface area (Å²) in [7, 11) is 0. The molecule has 1 heteroatoms. The van der Waals surface area contributed by atoms with Gasteiger partial charge in [0.25, 0.3) is 0 Å². The summed E-state index contributed by atoms with van der Waals surface area (Å²) in [6.07, 6.45) is 3.46. The third-order valence-electron chi connectivity index (χ3n) is 4.82. The van der Waals surface area contributed by atoms with Crippen molar-refractivity contribution < 1.29 is 0 Å². The van der Waals surface area contributed by atoms with Gasteiger partial charge >= 0.3 is 0 Å². The van der Waals surface area contributed by atoms with Crippen LogP contribution in [0.2, 0.25) is 0 Å². The molecule has 1 aliphatic carbocycles. The van der Waals surface area contributed by atoms with Crippen molar-refractivity contribution in [1.82, 2.24) is 0 Å². The molecule has 0 saturated carbocycles. The van der Waals surface area contributed by atoms with Crippen molar-refractivity contribution in [2.75, 3.05) is 5.32 Å². The number of anilines is 1. The molecule has 1 N–H and O–H groups in total. The Labute approximate surface area is 120 Å². The van der Waals surface area contributed by atoms with Crippen LogP contribution in [0.5, 0.6) is 0 Å². The van der Waals surface area contributed by atoms with Gasteiger partial charge in [0.2, 0.25) is 0 Å². The van der Waals surface area contributed by atoms with Gasteiger partial charge in [0, 0.05) is 11.1 Å². The van der Waals surface area contributed by atoms with Crippen LogP contribution in [0.4, 0.5) is 5.69 Å². The molecule has 20 heavy (non-hydrogen) atoms. The fraction of sp³-hybridized carbons (Fsp3) is 0.263. The Balaban J connectivity index is 1.80. The van der Waals surface area contributed by atoms with Gasteiger partial charge in [-0.05, 0) is 34.8 Å². The van der Waals surface area contributed by atoms with Crippen molar-refractivity contribution in [3.63, 3.8) is 0 Å². The molecule has 2 aromatic carbocycles. The molecule has 0 amide bonds. The Morgan fingerprint density at radius 1 is 1.00 bits per heavy atom. The summed E-state index contributed by atoms with van der Waals surface area (Å²) in [5.74, 6) is 0. The van der Waals surface area contributed by atoms with E-state index in [2.05, 4.69) is 73.8 Å². The Bertz CT molecular complexity index is 709. The molecule has 1 nitrogen and oxygen atoms in total. The standard InChI is InChI=1S/C19H19N/c1-19(2)16-9-5-6-10-17(16)20-18(19)15-12-11-13-7-3-4-8-14(13)15/h3-10,12,18,20H,11H2,1-2H3. The highest BCUT2D eigenvalue weighted by atomic mass is 15.0. The molecule has 2 aromatic rings. The lowest BCUT2D eigenvalue weighted by Crippen LogP contribution is -2.34. The summed E-state index contributed by atoms with van der Waals surface area (Å²) in [6, 6.07) is 17.8. The van der Waals surface area contributed by atoms with Crippen LogP contribution in [-0.4, -0.2) is 6.04 Å². The maximum absolute atomic E-state index is 3.74. The third-order valence-corrected chi connectivity index (χ3v) is 4.82. The van der Waals surface area contributed by atoms with Gasteiger partial charge in [-0.2, -0.15) is 0 Å². The summed E-state index contributed by atoms with van der Waals surface area (Å²) in [5.41, 5.74) is 7.17. The van der Waals surface area contributed by atoms with Gasteiger partial charge in [0.1, 0.15) is 0 Å². The maximum atomic E-state index is 3.74. The molecular formula is C19H19N. The van der Waals surface area contributed by atoms with E-state index < -0.39 is 0 Å². The molecule has 0 fully saturated rings. The van der Waals surface area contributed by atoms with E-state index in [9.17, 15) is 0 Å². The Morgan fingerprint density at radius 3 is 2.60 bits per heavy atom. The molecule has 0 radical (unpaired) electrons. The molecular weight excluding hydrogens is 242 g/mol. The second-order valence-electron chi connectivity index (χ2n) is 6.37. The van der Waals surface area contributed by atoms with Gasteiger partial charge in [0.05, 0.1) is 6.04 Å². The topological polar surface area (TPSA) is 12.0 Å². The van der Waals surface area contributed by atoms with Crippen molar-refractivity contribution >= 4 is 11.3 Å².